The standard InChI is InChI=1S/C29H21ClN2OS/c30-24-13-15-25(16-14-24)34-19-20-9-11-21(12-10-20)29(33)32-31-18-28-26-7-3-1-5-22(26)17-23-6-2-4-8-27(23)28/h1-18H,19H2,(H,32,33)/b31-18-. The topological polar surface area (TPSA) is 41.5 Å². The van der Waals surface area contributed by atoms with Crippen molar-refractivity contribution in [1.82, 2.24) is 5.43 Å². The molecule has 166 valence electrons. The molecule has 0 heterocycles. The van der Waals surface area contributed by atoms with Crippen molar-refractivity contribution in [3.63, 3.8) is 0 Å². The van der Waals surface area contributed by atoms with E-state index < -0.39 is 0 Å². The second-order valence-corrected chi connectivity index (χ2v) is 9.36. The zero-order chi connectivity index (χ0) is 23.3. The third-order valence-electron chi connectivity index (χ3n) is 5.61. The van der Waals surface area contributed by atoms with Crippen molar-refractivity contribution in [2.75, 3.05) is 0 Å². The van der Waals surface area contributed by atoms with Gasteiger partial charge in [-0.1, -0.05) is 72.3 Å². The number of fused-ring (bicyclic) bond motifs is 2. The fraction of sp³-hybridized carbons (Fsp3) is 0.0345. The molecule has 0 radical (unpaired) electrons. The molecule has 0 aliphatic heterocycles. The smallest absolute Gasteiger partial charge is 0.267 e. The Morgan fingerprint density at radius 2 is 1.44 bits per heavy atom. The zero-order valence-electron chi connectivity index (χ0n) is 18.2. The number of thioether (sulfide) groups is 1. The van der Waals surface area contributed by atoms with E-state index in [1.807, 2.05) is 72.8 Å². The molecule has 3 nitrogen and oxygen atoms in total. The fourth-order valence-electron chi connectivity index (χ4n) is 3.86. The zero-order valence-corrected chi connectivity index (χ0v) is 19.8. The van der Waals surface area contributed by atoms with E-state index in [0.29, 0.717) is 5.56 Å². The molecule has 0 atom stereocenters. The average Bonchev–Trinajstić information content (AvgIpc) is 2.88. The normalized spacial score (nSPS) is 11.3. The van der Waals surface area contributed by atoms with E-state index in [1.54, 1.807) is 18.0 Å². The molecule has 1 amide bonds. The van der Waals surface area contributed by atoms with Crippen molar-refractivity contribution < 1.29 is 4.79 Å². The van der Waals surface area contributed by atoms with Crippen LogP contribution >= 0.6 is 23.4 Å². The molecular weight excluding hydrogens is 460 g/mol. The number of rotatable bonds is 6. The lowest BCUT2D eigenvalue weighted by Gasteiger charge is -2.08. The van der Waals surface area contributed by atoms with Crippen LogP contribution in [-0.2, 0) is 5.75 Å². The Morgan fingerprint density at radius 1 is 0.824 bits per heavy atom. The molecule has 0 bridgehead atoms. The molecule has 0 unspecified atom stereocenters. The summed E-state index contributed by atoms with van der Waals surface area (Å²) in [6, 6.07) is 34.0. The predicted molar refractivity (Wildman–Crippen MR) is 144 cm³/mol. The molecule has 0 aliphatic rings. The maximum absolute atomic E-state index is 12.6. The van der Waals surface area contributed by atoms with E-state index in [9.17, 15) is 4.79 Å². The van der Waals surface area contributed by atoms with E-state index in [4.69, 9.17) is 11.6 Å². The van der Waals surface area contributed by atoms with Gasteiger partial charge in [-0.05, 0) is 69.6 Å². The molecular formula is C29H21ClN2OS. The summed E-state index contributed by atoms with van der Waals surface area (Å²) in [5, 5.41) is 9.49. The van der Waals surface area contributed by atoms with Gasteiger partial charge in [0.25, 0.3) is 5.91 Å². The predicted octanol–water partition coefficient (Wildman–Crippen LogP) is 7.70. The first-order valence-electron chi connectivity index (χ1n) is 10.9. The van der Waals surface area contributed by atoms with Gasteiger partial charge in [-0.3, -0.25) is 4.79 Å². The van der Waals surface area contributed by atoms with E-state index in [-0.39, 0.29) is 5.91 Å². The third-order valence-corrected chi connectivity index (χ3v) is 6.94. The van der Waals surface area contributed by atoms with E-state index in [2.05, 4.69) is 40.9 Å². The maximum Gasteiger partial charge on any atom is 0.271 e. The Morgan fingerprint density at radius 3 is 2.09 bits per heavy atom. The number of halogens is 1. The summed E-state index contributed by atoms with van der Waals surface area (Å²) in [7, 11) is 0. The van der Waals surface area contributed by atoms with Gasteiger partial charge >= 0.3 is 0 Å². The number of amides is 1. The molecule has 5 rings (SSSR count). The first-order valence-corrected chi connectivity index (χ1v) is 12.2. The number of benzene rings is 5. The molecule has 0 aromatic heterocycles. The summed E-state index contributed by atoms with van der Waals surface area (Å²) < 4.78 is 0. The Labute approximate surface area is 207 Å². The lowest BCUT2D eigenvalue weighted by atomic mass is 9.97. The van der Waals surface area contributed by atoms with Gasteiger partial charge in [0.15, 0.2) is 0 Å². The van der Waals surface area contributed by atoms with Crippen molar-refractivity contribution in [3.8, 4) is 0 Å². The molecule has 5 heteroatoms. The molecule has 0 fully saturated rings. The van der Waals surface area contributed by atoms with Crippen LogP contribution in [-0.4, -0.2) is 12.1 Å². The van der Waals surface area contributed by atoms with Gasteiger partial charge in [-0.2, -0.15) is 5.10 Å². The number of nitrogens with one attached hydrogen (secondary N) is 1. The van der Waals surface area contributed by atoms with E-state index in [0.717, 1.165) is 48.3 Å². The highest BCUT2D eigenvalue weighted by atomic mass is 35.5. The monoisotopic (exact) mass is 480 g/mol. The molecule has 5 aromatic rings. The van der Waals surface area contributed by atoms with E-state index in [1.165, 1.54) is 0 Å². The molecule has 0 saturated carbocycles. The maximum atomic E-state index is 12.6. The lowest BCUT2D eigenvalue weighted by Crippen LogP contribution is -2.17. The number of hydrazone groups is 1. The highest BCUT2D eigenvalue weighted by Gasteiger charge is 2.07. The Hall–Kier alpha value is -3.60. The van der Waals surface area contributed by atoms with Crippen LogP contribution < -0.4 is 5.43 Å². The number of hydrogen-bond donors (Lipinski definition) is 1. The highest BCUT2D eigenvalue weighted by molar-refractivity contribution is 7.98. The van der Waals surface area contributed by atoms with Gasteiger partial charge < -0.3 is 0 Å². The van der Waals surface area contributed by atoms with Crippen molar-refractivity contribution in [2.24, 2.45) is 5.10 Å². The Bertz CT molecular complexity index is 1440. The average molecular weight is 481 g/mol. The first-order chi connectivity index (χ1) is 16.7. The van der Waals surface area contributed by atoms with Gasteiger partial charge in [0, 0.05) is 26.8 Å². The minimum absolute atomic E-state index is 0.238. The molecule has 0 saturated heterocycles. The third kappa shape index (κ3) is 4.98. The molecule has 5 aromatic carbocycles. The van der Waals surface area contributed by atoms with Crippen LogP contribution in [0.3, 0.4) is 0 Å². The van der Waals surface area contributed by atoms with Crippen molar-refractivity contribution >= 4 is 57.0 Å². The van der Waals surface area contributed by atoms with Crippen LogP contribution in [0.25, 0.3) is 21.5 Å². The summed E-state index contributed by atoms with van der Waals surface area (Å²) in [6.07, 6.45) is 1.74. The number of carbonyl (C=O) groups excluding carboxylic acids is 1. The van der Waals surface area contributed by atoms with Crippen LogP contribution in [0.2, 0.25) is 5.02 Å². The largest absolute Gasteiger partial charge is 0.271 e. The number of nitrogens with zero attached hydrogens (tertiary/aromatic N) is 1. The summed E-state index contributed by atoms with van der Waals surface area (Å²) in [6.45, 7) is 0. The Balaban J connectivity index is 1.28. The van der Waals surface area contributed by atoms with E-state index >= 15 is 0 Å². The molecule has 0 spiro atoms. The van der Waals surface area contributed by atoms with Crippen LogP contribution in [0.4, 0.5) is 0 Å². The second-order valence-electron chi connectivity index (χ2n) is 7.87. The highest BCUT2D eigenvalue weighted by Crippen LogP contribution is 2.27. The SMILES string of the molecule is O=C(N/N=C\c1c2ccccc2cc2ccccc12)c1ccc(CSc2ccc(Cl)cc2)cc1. The van der Waals surface area contributed by atoms with Gasteiger partial charge in [-0.15, -0.1) is 11.8 Å². The summed E-state index contributed by atoms with van der Waals surface area (Å²) in [5.74, 6) is 0.577. The van der Waals surface area contributed by atoms with Gasteiger partial charge in [-0.25, -0.2) is 5.43 Å². The Kier molecular flexibility index (Phi) is 6.61. The van der Waals surface area contributed by atoms with Gasteiger partial charge in [0.05, 0.1) is 6.21 Å². The fourth-order valence-corrected chi connectivity index (χ4v) is 4.84. The minimum Gasteiger partial charge on any atom is -0.267 e. The minimum atomic E-state index is -0.238. The van der Waals surface area contributed by atoms with Crippen molar-refractivity contribution in [2.45, 2.75) is 10.6 Å². The summed E-state index contributed by atoms with van der Waals surface area (Å²) in [5.41, 5.74) is 5.37. The summed E-state index contributed by atoms with van der Waals surface area (Å²) >= 11 is 7.67. The summed E-state index contributed by atoms with van der Waals surface area (Å²) in [4.78, 5) is 13.8. The van der Waals surface area contributed by atoms with Crippen LogP contribution in [0.15, 0.2) is 113 Å². The van der Waals surface area contributed by atoms with Gasteiger partial charge in [0.2, 0.25) is 0 Å². The second kappa shape index (κ2) is 10.1. The molecule has 0 aliphatic carbocycles. The number of carbonyl (C=O) groups is 1. The van der Waals surface area contributed by atoms with Gasteiger partial charge in [0.1, 0.15) is 0 Å². The first kappa shape index (κ1) is 22.2. The van der Waals surface area contributed by atoms with Crippen LogP contribution in [0.1, 0.15) is 21.5 Å². The lowest BCUT2D eigenvalue weighted by molar-refractivity contribution is 0.0955. The van der Waals surface area contributed by atoms with Crippen molar-refractivity contribution in [1.29, 1.82) is 0 Å². The molecule has 1 N–H and O–H groups in total. The van der Waals surface area contributed by atoms with Crippen molar-refractivity contribution in [3.05, 3.63) is 125 Å². The van der Waals surface area contributed by atoms with Crippen LogP contribution in [0.5, 0.6) is 0 Å². The number of hydrogen-bond acceptors (Lipinski definition) is 3. The molecule has 34 heavy (non-hydrogen) atoms. The quantitative estimate of drug-likeness (QED) is 0.117. The van der Waals surface area contributed by atoms with Crippen LogP contribution in [0, 0.1) is 0 Å².